The van der Waals surface area contributed by atoms with Crippen LogP contribution in [0.3, 0.4) is 0 Å². The Kier molecular flexibility index (Phi) is 5.27. The van der Waals surface area contributed by atoms with E-state index < -0.39 is 23.5 Å². The average molecular weight is 380 g/mol. The van der Waals surface area contributed by atoms with Crippen LogP contribution in [-0.2, 0) is 6.42 Å². The van der Waals surface area contributed by atoms with E-state index in [1.165, 1.54) is 18.2 Å². The van der Waals surface area contributed by atoms with E-state index in [-0.39, 0.29) is 9.50 Å². The van der Waals surface area contributed by atoms with E-state index in [2.05, 4.69) is 21.4 Å². The predicted molar refractivity (Wildman–Crippen MR) is 79.2 cm³/mol. The molecular formula is C14H11BrClF3N2. The molecule has 0 radical (unpaired) electrons. The van der Waals surface area contributed by atoms with Crippen LogP contribution >= 0.6 is 27.5 Å². The standard InChI is InChI=1S/C14H11BrClF3N2/c15-13-8(2-4-11(18)14(13)19)12(21-20)6-7-1-3-10(17)9(16)5-7/h1-5,12,21H,6,20H2. The first-order valence-corrected chi connectivity index (χ1v) is 7.14. The molecular weight excluding hydrogens is 369 g/mol. The highest BCUT2D eigenvalue weighted by Crippen LogP contribution is 2.30. The van der Waals surface area contributed by atoms with Gasteiger partial charge in [-0.2, -0.15) is 0 Å². The van der Waals surface area contributed by atoms with Crippen molar-refractivity contribution in [3.8, 4) is 0 Å². The first kappa shape index (κ1) is 16.3. The molecule has 0 fully saturated rings. The number of hydrazine groups is 1. The lowest BCUT2D eigenvalue weighted by atomic mass is 9.99. The maximum Gasteiger partial charge on any atom is 0.173 e. The summed E-state index contributed by atoms with van der Waals surface area (Å²) in [7, 11) is 0. The van der Waals surface area contributed by atoms with Crippen molar-refractivity contribution in [3.63, 3.8) is 0 Å². The first-order valence-electron chi connectivity index (χ1n) is 5.97. The Labute approximate surface area is 133 Å². The summed E-state index contributed by atoms with van der Waals surface area (Å²) in [6, 6.07) is 6.23. The summed E-state index contributed by atoms with van der Waals surface area (Å²) < 4.78 is 39.8. The molecule has 2 nitrogen and oxygen atoms in total. The molecule has 1 atom stereocenters. The van der Waals surface area contributed by atoms with Crippen molar-refractivity contribution in [3.05, 3.63) is 68.4 Å². The average Bonchev–Trinajstić information content (AvgIpc) is 2.47. The molecule has 3 N–H and O–H groups in total. The highest BCUT2D eigenvalue weighted by atomic mass is 79.9. The van der Waals surface area contributed by atoms with Crippen molar-refractivity contribution in [2.75, 3.05) is 0 Å². The molecule has 0 aliphatic carbocycles. The van der Waals surface area contributed by atoms with Crippen LogP contribution in [0.15, 0.2) is 34.8 Å². The minimum absolute atomic E-state index is 0.00124. The van der Waals surface area contributed by atoms with Gasteiger partial charge in [0.1, 0.15) is 5.82 Å². The Morgan fingerprint density at radius 1 is 1.14 bits per heavy atom. The second-order valence-electron chi connectivity index (χ2n) is 4.44. The Balaban J connectivity index is 2.32. The van der Waals surface area contributed by atoms with E-state index >= 15 is 0 Å². The summed E-state index contributed by atoms with van der Waals surface area (Å²) in [6.07, 6.45) is 0.334. The summed E-state index contributed by atoms with van der Waals surface area (Å²) in [5.74, 6) is 3.03. The fraction of sp³-hybridized carbons (Fsp3) is 0.143. The number of nitrogens with one attached hydrogen (secondary N) is 1. The third-order valence-corrected chi connectivity index (χ3v) is 4.16. The van der Waals surface area contributed by atoms with E-state index in [4.69, 9.17) is 17.4 Å². The molecule has 112 valence electrons. The van der Waals surface area contributed by atoms with Gasteiger partial charge in [0.05, 0.1) is 15.5 Å². The predicted octanol–water partition coefficient (Wildman–Crippen LogP) is 4.27. The highest BCUT2D eigenvalue weighted by molar-refractivity contribution is 9.10. The number of hydrogen-bond acceptors (Lipinski definition) is 2. The lowest BCUT2D eigenvalue weighted by molar-refractivity contribution is 0.491. The molecule has 0 spiro atoms. The minimum atomic E-state index is -0.982. The largest absolute Gasteiger partial charge is 0.271 e. The summed E-state index contributed by atoms with van der Waals surface area (Å²) >= 11 is 8.73. The topological polar surface area (TPSA) is 38.0 Å². The molecule has 1 unspecified atom stereocenters. The van der Waals surface area contributed by atoms with Crippen LogP contribution in [-0.4, -0.2) is 0 Å². The normalized spacial score (nSPS) is 12.5. The van der Waals surface area contributed by atoms with E-state index in [1.807, 2.05) is 0 Å². The van der Waals surface area contributed by atoms with Gasteiger partial charge in [-0.05, 0) is 51.7 Å². The highest BCUT2D eigenvalue weighted by Gasteiger charge is 2.19. The third kappa shape index (κ3) is 3.58. The zero-order valence-electron chi connectivity index (χ0n) is 10.6. The fourth-order valence-electron chi connectivity index (χ4n) is 1.97. The number of nitrogens with two attached hydrogens (primary N) is 1. The molecule has 21 heavy (non-hydrogen) atoms. The summed E-state index contributed by atoms with van der Waals surface area (Å²) in [6.45, 7) is 0. The van der Waals surface area contributed by atoms with Gasteiger partial charge in [-0.25, -0.2) is 13.2 Å². The van der Waals surface area contributed by atoms with Gasteiger partial charge < -0.3 is 0 Å². The van der Waals surface area contributed by atoms with Gasteiger partial charge in [0.25, 0.3) is 0 Å². The van der Waals surface area contributed by atoms with Gasteiger partial charge in [-0.3, -0.25) is 11.3 Å². The van der Waals surface area contributed by atoms with Crippen molar-refractivity contribution in [1.82, 2.24) is 5.43 Å². The summed E-state index contributed by atoms with van der Waals surface area (Å²) in [5, 5.41) is -0.00683. The lowest BCUT2D eigenvalue weighted by Gasteiger charge is -2.18. The molecule has 2 aromatic rings. The second-order valence-corrected chi connectivity index (χ2v) is 5.64. The maximum absolute atomic E-state index is 13.6. The summed E-state index contributed by atoms with van der Waals surface area (Å²) in [4.78, 5) is 0. The SMILES string of the molecule is NNC(Cc1ccc(F)c(Cl)c1)c1ccc(F)c(F)c1Br. The van der Waals surface area contributed by atoms with Gasteiger partial charge in [-0.15, -0.1) is 0 Å². The van der Waals surface area contributed by atoms with Crippen LogP contribution in [0.1, 0.15) is 17.2 Å². The lowest BCUT2D eigenvalue weighted by Crippen LogP contribution is -2.30. The Morgan fingerprint density at radius 3 is 2.43 bits per heavy atom. The van der Waals surface area contributed by atoms with Gasteiger partial charge >= 0.3 is 0 Å². The molecule has 2 rings (SSSR count). The maximum atomic E-state index is 13.6. The van der Waals surface area contributed by atoms with E-state index in [1.54, 1.807) is 6.07 Å². The van der Waals surface area contributed by atoms with E-state index in [0.717, 1.165) is 6.07 Å². The Bertz CT molecular complexity index is 667. The third-order valence-electron chi connectivity index (χ3n) is 3.07. The zero-order chi connectivity index (χ0) is 15.6. The van der Waals surface area contributed by atoms with Crippen LogP contribution in [0.5, 0.6) is 0 Å². The number of benzene rings is 2. The number of hydrogen-bond donors (Lipinski definition) is 2. The van der Waals surface area contributed by atoms with Gasteiger partial charge in [0, 0.05) is 0 Å². The Morgan fingerprint density at radius 2 is 1.81 bits per heavy atom. The zero-order valence-corrected chi connectivity index (χ0v) is 13.0. The smallest absolute Gasteiger partial charge is 0.173 e. The molecule has 0 bridgehead atoms. The van der Waals surface area contributed by atoms with Crippen molar-refractivity contribution in [2.45, 2.75) is 12.5 Å². The molecule has 0 amide bonds. The van der Waals surface area contributed by atoms with Crippen LogP contribution in [0.4, 0.5) is 13.2 Å². The van der Waals surface area contributed by atoms with Crippen molar-refractivity contribution < 1.29 is 13.2 Å². The molecule has 7 heteroatoms. The second kappa shape index (κ2) is 6.79. The van der Waals surface area contributed by atoms with Gasteiger partial charge in [0.15, 0.2) is 11.6 Å². The van der Waals surface area contributed by atoms with Crippen LogP contribution in [0.2, 0.25) is 5.02 Å². The van der Waals surface area contributed by atoms with Gasteiger partial charge in [-0.1, -0.05) is 23.7 Å². The van der Waals surface area contributed by atoms with E-state index in [0.29, 0.717) is 17.5 Å². The van der Waals surface area contributed by atoms with Crippen molar-refractivity contribution in [2.24, 2.45) is 5.84 Å². The van der Waals surface area contributed by atoms with Crippen molar-refractivity contribution >= 4 is 27.5 Å². The van der Waals surface area contributed by atoms with E-state index in [9.17, 15) is 13.2 Å². The molecule has 0 saturated heterocycles. The number of rotatable bonds is 4. The first-order chi connectivity index (χ1) is 9.93. The van der Waals surface area contributed by atoms with Crippen LogP contribution in [0.25, 0.3) is 0 Å². The molecule has 2 aromatic carbocycles. The minimum Gasteiger partial charge on any atom is -0.271 e. The van der Waals surface area contributed by atoms with Crippen LogP contribution < -0.4 is 11.3 Å². The molecule has 0 aliphatic rings. The fourth-order valence-corrected chi connectivity index (χ4v) is 2.77. The van der Waals surface area contributed by atoms with Crippen molar-refractivity contribution in [1.29, 1.82) is 0 Å². The molecule has 0 heterocycles. The molecule has 0 saturated carbocycles. The van der Waals surface area contributed by atoms with Crippen LogP contribution in [0, 0.1) is 17.5 Å². The Hall–Kier alpha value is -1.08. The summed E-state index contributed by atoms with van der Waals surface area (Å²) in [5.41, 5.74) is 3.70. The number of halogens is 5. The monoisotopic (exact) mass is 378 g/mol. The van der Waals surface area contributed by atoms with Gasteiger partial charge in [0.2, 0.25) is 0 Å². The molecule has 0 aromatic heterocycles. The quantitative estimate of drug-likeness (QED) is 0.473. The molecule has 0 aliphatic heterocycles.